The summed E-state index contributed by atoms with van der Waals surface area (Å²) in [6, 6.07) is 24.9. The summed E-state index contributed by atoms with van der Waals surface area (Å²) >= 11 is 6.10. The minimum Gasteiger partial charge on any atom is -0.507 e. The third-order valence-electron chi connectivity index (χ3n) is 6.84. The lowest BCUT2D eigenvalue weighted by molar-refractivity contribution is -0.132. The van der Waals surface area contributed by atoms with E-state index < -0.39 is 17.7 Å². The number of aliphatic hydroxyl groups excluding tert-OH is 1. The van der Waals surface area contributed by atoms with Gasteiger partial charge in [-0.2, -0.15) is 0 Å². The minimum atomic E-state index is -0.819. The first kappa shape index (κ1) is 22.4. The van der Waals surface area contributed by atoms with Gasteiger partial charge in [0.2, 0.25) is 0 Å². The van der Waals surface area contributed by atoms with Crippen LogP contribution in [-0.4, -0.2) is 22.9 Å². The van der Waals surface area contributed by atoms with Crippen molar-refractivity contribution in [3.8, 4) is 5.75 Å². The molecular formula is C30H22ClNO4. The molecule has 2 heterocycles. The van der Waals surface area contributed by atoms with E-state index in [0.29, 0.717) is 22.7 Å². The Bertz CT molecular complexity index is 1570. The average molecular weight is 496 g/mol. The molecule has 6 heteroatoms. The molecule has 5 nitrogen and oxygen atoms in total. The molecule has 1 saturated heterocycles. The number of ketones is 1. The summed E-state index contributed by atoms with van der Waals surface area (Å²) in [6.07, 6.45) is 0.756. The molecule has 1 amide bonds. The van der Waals surface area contributed by atoms with Crippen molar-refractivity contribution in [1.82, 2.24) is 0 Å². The van der Waals surface area contributed by atoms with E-state index in [1.165, 1.54) is 4.90 Å². The highest BCUT2D eigenvalue weighted by atomic mass is 35.5. The number of Topliss-reactive ketones (excluding diaryl/α,β-unsaturated/α-hetero) is 1. The summed E-state index contributed by atoms with van der Waals surface area (Å²) < 4.78 is 5.79. The smallest absolute Gasteiger partial charge is 0.300 e. The van der Waals surface area contributed by atoms with E-state index in [-0.39, 0.29) is 17.4 Å². The number of amides is 1. The molecule has 4 aromatic rings. The maximum atomic E-state index is 13.5. The molecule has 1 N–H and O–H groups in total. The molecule has 178 valence electrons. The average Bonchev–Trinajstić information content (AvgIpc) is 3.39. The van der Waals surface area contributed by atoms with Crippen LogP contribution in [0.2, 0.25) is 5.02 Å². The van der Waals surface area contributed by atoms with E-state index in [1.54, 1.807) is 36.4 Å². The Balaban J connectivity index is 1.59. The highest BCUT2D eigenvalue weighted by Crippen LogP contribution is 2.44. The van der Waals surface area contributed by atoms with Crippen LogP contribution in [0.15, 0.2) is 90.5 Å². The van der Waals surface area contributed by atoms with Gasteiger partial charge in [0.15, 0.2) is 0 Å². The third-order valence-corrected chi connectivity index (χ3v) is 7.09. The van der Waals surface area contributed by atoms with Gasteiger partial charge in [0.05, 0.1) is 11.6 Å². The number of carbonyl (C=O) groups excluding carboxylic acids is 2. The predicted molar refractivity (Wildman–Crippen MR) is 140 cm³/mol. The van der Waals surface area contributed by atoms with Gasteiger partial charge in [0.25, 0.3) is 11.7 Å². The van der Waals surface area contributed by atoms with Crippen molar-refractivity contribution >= 4 is 45.5 Å². The second-order valence-electron chi connectivity index (χ2n) is 9.17. The van der Waals surface area contributed by atoms with Crippen molar-refractivity contribution in [2.75, 3.05) is 4.90 Å². The number of nitrogens with zero attached hydrogens (tertiary/aromatic N) is 1. The fourth-order valence-electron chi connectivity index (χ4n) is 5.21. The number of benzene rings is 4. The summed E-state index contributed by atoms with van der Waals surface area (Å²) in [6.45, 7) is 1.98. The highest BCUT2D eigenvalue weighted by molar-refractivity contribution is 6.52. The van der Waals surface area contributed by atoms with Gasteiger partial charge < -0.3 is 9.84 Å². The van der Waals surface area contributed by atoms with Gasteiger partial charge in [-0.1, -0.05) is 54.1 Å². The van der Waals surface area contributed by atoms with Gasteiger partial charge in [-0.3, -0.25) is 14.5 Å². The molecule has 0 aromatic heterocycles. The Morgan fingerprint density at radius 2 is 1.72 bits per heavy atom. The fraction of sp³-hybridized carbons (Fsp3) is 0.133. The van der Waals surface area contributed by atoms with Crippen LogP contribution in [0.25, 0.3) is 16.5 Å². The fourth-order valence-corrected chi connectivity index (χ4v) is 5.33. The van der Waals surface area contributed by atoms with Gasteiger partial charge in [-0.15, -0.1) is 0 Å². The van der Waals surface area contributed by atoms with Crippen molar-refractivity contribution in [2.24, 2.45) is 0 Å². The SMILES string of the molecule is CC1Cc2cc(/C(O)=C3/C(=O)C(=O)N(c4ccc(Cl)cc4)C3c3cccc4ccccc34)ccc2O1. The summed E-state index contributed by atoms with van der Waals surface area (Å²) in [5, 5.41) is 13.9. The molecule has 4 aromatic carbocycles. The van der Waals surface area contributed by atoms with Gasteiger partial charge in [-0.25, -0.2) is 0 Å². The van der Waals surface area contributed by atoms with Crippen LogP contribution in [-0.2, 0) is 16.0 Å². The van der Waals surface area contributed by atoms with Crippen LogP contribution in [0.3, 0.4) is 0 Å². The van der Waals surface area contributed by atoms with E-state index in [1.807, 2.05) is 55.5 Å². The van der Waals surface area contributed by atoms with Crippen LogP contribution < -0.4 is 9.64 Å². The molecule has 36 heavy (non-hydrogen) atoms. The third kappa shape index (κ3) is 3.55. The van der Waals surface area contributed by atoms with Crippen LogP contribution >= 0.6 is 11.6 Å². The van der Waals surface area contributed by atoms with E-state index in [0.717, 1.165) is 27.6 Å². The summed E-state index contributed by atoms with van der Waals surface area (Å²) in [4.78, 5) is 28.4. The zero-order valence-electron chi connectivity index (χ0n) is 19.4. The van der Waals surface area contributed by atoms with Crippen LogP contribution in [0, 0.1) is 0 Å². The first-order chi connectivity index (χ1) is 17.4. The number of halogens is 1. The number of ether oxygens (including phenoxy) is 1. The Morgan fingerprint density at radius 3 is 2.53 bits per heavy atom. The molecule has 0 saturated carbocycles. The summed E-state index contributed by atoms with van der Waals surface area (Å²) in [5.41, 5.74) is 2.76. The zero-order chi connectivity index (χ0) is 25.0. The molecular weight excluding hydrogens is 474 g/mol. The molecule has 2 unspecified atom stereocenters. The lowest BCUT2D eigenvalue weighted by Gasteiger charge is -2.26. The van der Waals surface area contributed by atoms with E-state index in [4.69, 9.17) is 16.3 Å². The largest absolute Gasteiger partial charge is 0.507 e. The van der Waals surface area contributed by atoms with Crippen molar-refractivity contribution in [1.29, 1.82) is 0 Å². The molecule has 0 bridgehead atoms. The molecule has 2 aliphatic heterocycles. The number of rotatable bonds is 3. The topological polar surface area (TPSA) is 66.8 Å². The van der Waals surface area contributed by atoms with Crippen LogP contribution in [0.1, 0.15) is 29.7 Å². The number of anilines is 1. The lowest BCUT2D eigenvalue weighted by Crippen LogP contribution is -2.29. The quantitative estimate of drug-likeness (QED) is 0.202. The Kier molecular flexibility index (Phi) is 5.31. The minimum absolute atomic E-state index is 0.0450. The molecule has 0 radical (unpaired) electrons. The Hall–Kier alpha value is -4.09. The molecule has 0 aliphatic carbocycles. The summed E-state index contributed by atoms with van der Waals surface area (Å²) in [7, 11) is 0. The number of carbonyl (C=O) groups is 2. The summed E-state index contributed by atoms with van der Waals surface area (Å²) in [5.74, 6) is -0.864. The second kappa shape index (κ2) is 8.54. The van der Waals surface area contributed by atoms with Gasteiger partial charge in [-0.05, 0) is 71.3 Å². The Labute approximate surface area is 213 Å². The number of hydrogen-bond donors (Lipinski definition) is 1. The number of hydrogen-bond acceptors (Lipinski definition) is 4. The van der Waals surface area contributed by atoms with Crippen molar-refractivity contribution in [3.63, 3.8) is 0 Å². The maximum Gasteiger partial charge on any atom is 0.300 e. The number of aliphatic hydroxyl groups is 1. The zero-order valence-corrected chi connectivity index (χ0v) is 20.2. The number of fused-ring (bicyclic) bond motifs is 2. The molecule has 2 atom stereocenters. The monoisotopic (exact) mass is 495 g/mol. The Morgan fingerprint density at radius 1 is 0.972 bits per heavy atom. The second-order valence-corrected chi connectivity index (χ2v) is 9.61. The first-order valence-electron chi connectivity index (χ1n) is 11.8. The van der Waals surface area contributed by atoms with Crippen molar-refractivity contribution < 1.29 is 19.4 Å². The van der Waals surface area contributed by atoms with Crippen molar-refractivity contribution in [2.45, 2.75) is 25.5 Å². The highest BCUT2D eigenvalue weighted by Gasteiger charge is 2.47. The van der Waals surface area contributed by atoms with E-state index >= 15 is 0 Å². The first-order valence-corrected chi connectivity index (χ1v) is 12.1. The predicted octanol–water partition coefficient (Wildman–Crippen LogP) is 6.44. The maximum absolute atomic E-state index is 13.5. The lowest BCUT2D eigenvalue weighted by atomic mass is 9.91. The van der Waals surface area contributed by atoms with E-state index in [2.05, 4.69) is 0 Å². The molecule has 2 aliphatic rings. The molecule has 6 rings (SSSR count). The normalized spacial score (nSPS) is 20.6. The standard InChI is InChI=1S/C30H22ClNO4/c1-17-15-20-16-19(9-14-25(20)36-17)28(33)26-27(24-8-4-6-18-5-2-3-7-23(18)24)32(30(35)29(26)34)22-12-10-21(31)11-13-22/h2-14,16-17,27,33H,15H2,1H3/b28-26-. The van der Waals surface area contributed by atoms with Gasteiger partial charge in [0, 0.05) is 22.7 Å². The van der Waals surface area contributed by atoms with Gasteiger partial charge in [0.1, 0.15) is 17.6 Å². The van der Waals surface area contributed by atoms with E-state index in [9.17, 15) is 14.7 Å². The molecule has 1 fully saturated rings. The van der Waals surface area contributed by atoms with Crippen molar-refractivity contribution in [3.05, 3.63) is 112 Å². The van der Waals surface area contributed by atoms with Crippen LogP contribution in [0.5, 0.6) is 5.75 Å². The molecule has 0 spiro atoms. The van der Waals surface area contributed by atoms with Gasteiger partial charge >= 0.3 is 0 Å². The van der Waals surface area contributed by atoms with Crippen LogP contribution in [0.4, 0.5) is 5.69 Å².